The molecule has 0 unspecified atom stereocenters. The first-order valence-electron chi connectivity index (χ1n) is 7.91. The number of ketones is 1. The maximum absolute atomic E-state index is 14.0. The summed E-state index contributed by atoms with van der Waals surface area (Å²) in [5.74, 6) is -1.93. The van der Waals surface area contributed by atoms with Crippen molar-refractivity contribution < 1.29 is 28.2 Å². The zero-order chi connectivity index (χ0) is 19.1. The Morgan fingerprint density at radius 3 is 2.35 bits per heavy atom. The Hall–Kier alpha value is -3.22. The molecule has 2 aromatic rings. The van der Waals surface area contributed by atoms with E-state index in [1.807, 2.05) is 6.92 Å². The predicted octanol–water partition coefficient (Wildman–Crippen LogP) is 3.22. The lowest BCUT2D eigenvalue weighted by Gasteiger charge is -2.08. The van der Waals surface area contributed by atoms with Crippen LogP contribution in [0.4, 0.5) is 10.1 Å². The Morgan fingerprint density at radius 2 is 1.77 bits per heavy atom. The van der Waals surface area contributed by atoms with Crippen molar-refractivity contribution in [3.63, 3.8) is 0 Å². The third-order valence-corrected chi connectivity index (χ3v) is 3.33. The first kappa shape index (κ1) is 19.1. The molecule has 2 aromatic carbocycles. The van der Waals surface area contributed by atoms with Crippen LogP contribution in [0, 0.1) is 5.82 Å². The van der Waals surface area contributed by atoms with Gasteiger partial charge in [-0.25, -0.2) is 9.18 Å². The van der Waals surface area contributed by atoms with Gasteiger partial charge in [0.1, 0.15) is 11.6 Å². The number of carbonyl (C=O) groups excluding carboxylic acids is 3. The van der Waals surface area contributed by atoms with Crippen molar-refractivity contribution in [2.75, 3.05) is 18.5 Å². The van der Waals surface area contributed by atoms with Crippen LogP contribution in [0.5, 0.6) is 5.75 Å². The fourth-order valence-electron chi connectivity index (χ4n) is 2.17. The molecule has 1 N–H and O–H groups in total. The normalized spacial score (nSPS) is 10.1. The molecule has 2 rings (SSSR count). The molecule has 1 amide bonds. The van der Waals surface area contributed by atoms with Gasteiger partial charge in [-0.2, -0.15) is 0 Å². The van der Waals surface area contributed by atoms with Gasteiger partial charge in [0.2, 0.25) is 11.7 Å². The topological polar surface area (TPSA) is 81.7 Å². The number of benzene rings is 2. The van der Waals surface area contributed by atoms with Gasteiger partial charge in [0.25, 0.3) is 0 Å². The van der Waals surface area contributed by atoms with Gasteiger partial charge in [0.05, 0.1) is 17.7 Å². The number of hydrogen-bond donors (Lipinski definition) is 1. The third-order valence-electron chi connectivity index (χ3n) is 3.33. The average Bonchev–Trinajstić information content (AvgIpc) is 2.60. The van der Waals surface area contributed by atoms with Crippen LogP contribution in [0.2, 0.25) is 0 Å². The molecule has 7 heteroatoms. The number of rotatable bonds is 7. The molecule has 6 nitrogen and oxygen atoms in total. The molecule has 136 valence electrons. The van der Waals surface area contributed by atoms with E-state index in [0.717, 1.165) is 6.07 Å². The van der Waals surface area contributed by atoms with Crippen molar-refractivity contribution in [2.45, 2.75) is 13.8 Å². The van der Waals surface area contributed by atoms with Crippen molar-refractivity contribution in [1.29, 1.82) is 0 Å². The van der Waals surface area contributed by atoms with Gasteiger partial charge in [0, 0.05) is 12.6 Å². The van der Waals surface area contributed by atoms with Gasteiger partial charge in [0.15, 0.2) is 6.61 Å². The average molecular weight is 359 g/mol. The fraction of sp³-hybridized carbons (Fsp3) is 0.211. The Labute approximate surface area is 149 Å². The van der Waals surface area contributed by atoms with Crippen LogP contribution in [-0.2, 0) is 9.53 Å². The first-order valence-corrected chi connectivity index (χ1v) is 7.91. The van der Waals surface area contributed by atoms with Gasteiger partial charge < -0.3 is 14.8 Å². The van der Waals surface area contributed by atoms with Gasteiger partial charge in [-0.3, -0.25) is 9.59 Å². The van der Waals surface area contributed by atoms with Crippen LogP contribution in [0.3, 0.4) is 0 Å². The quantitative estimate of drug-likeness (QED) is 0.606. The zero-order valence-corrected chi connectivity index (χ0v) is 14.4. The van der Waals surface area contributed by atoms with Crippen molar-refractivity contribution >= 4 is 23.3 Å². The summed E-state index contributed by atoms with van der Waals surface area (Å²) in [7, 11) is 0. The lowest BCUT2D eigenvalue weighted by Crippen LogP contribution is -2.16. The minimum absolute atomic E-state index is 0.224. The largest absolute Gasteiger partial charge is 0.494 e. The van der Waals surface area contributed by atoms with E-state index in [4.69, 9.17) is 9.47 Å². The van der Waals surface area contributed by atoms with E-state index in [2.05, 4.69) is 5.32 Å². The molecule has 0 fully saturated rings. The summed E-state index contributed by atoms with van der Waals surface area (Å²) in [6.07, 6.45) is 0. The Bertz CT molecular complexity index is 817. The Balaban J connectivity index is 1.97. The summed E-state index contributed by atoms with van der Waals surface area (Å²) in [6.45, 7) is 3.04. The molecule has 0 aromatic heterocycles. The second-order valence-corrected chi connectivity index (χ2v) is 5.33. The van der Waals surface area contributed by atoms with Crippen LogP contribution < -0.4 is 10.1 Å². The highest BCUT2D eigenvalue weighted by molar-refractivity contribution is 6.00. The summed E-state index contributed by atoms with van der Waals surface area (Å²) in [4.78, 5) is 35.0. The second-order valence-electron chi connectivity index (χ2n) is 5.33. The predicted molar refractivity (Wildman–Crippen MR) is 92.9 cm³/mol. The van der Waals surface area contributed by atoms with E-state index in [0.29, 0.717) is 12.4 Å². The monoisotopic (exact) mass is 359 g/mol. The van der Waals surface area contributed by atoms with Gasteiger partial charge in [-0.05, 0) is 49.4 Å². The smallest absolute Gasteiger partial charge is 0.338 e. The van der Waals surface area contributed by atoms with Gasteiger partial charge >= 0.3 is 5.97 Å². The van der Waals surface area contributed by atoms with Crippen LogP contribution >= 0.6 is 0 Å². The molecule has 26 heavy (non-hydrogen) atoms. The molecule has 0 bridgehead atoms. The number of esters is 1. The highest BCUT2D eigenvalue weighted by atomic mass is 19.1. The van der Waals surface area contributed by atoms with Crippen molar-refractivity contribution in [2.24, 2.45) is 0 Å². The summed E-state index contributed by atoms with van der Waals surface area (Å²) in [5, 5.41) is 2.41. The van der Waals surface area contributed by atoms with Crippen LogP contribution in [0.1, 0.15) is 34.6 Å². The lowest BCUT2D eigenvalue weighted by molar-refractivity contribution is -0.114. The molecule has 0 aliphatic heterocycles. The van der Waals surface area contributed by atoms with Crippen LogP contribution in [-0.4, -0.2) is 30.9 Å². The molecular weight excluding hydrogens is 341 g/mol. The SMILES string of the molecule is CCOc1ccc(C(=O)OCC(=O)c2ccc(NC(C)=O)cc2F)cc1. The number of hydrogen-bond acceptors (Lipinski definition) is 5. The number of anilines is 1. The molecule has 0 atom stereocenters. The number of nitrogens with one attached hydrogen (secondary N) is 1. The minimum atomic E-state index is -0.807. The van der Waals surface area contributed by atoms with Crippen molar-refractivity contribution in [1.82, 2.24) is 0 Å². The molecule has 0 saturated heterocycles. The molecule has 0 saturated carbocycles. The lowest BCUT2D eigenvalue weighted by atomic mass is 10.1. The molecular formula is C19H18FNO5. The van der Waals surface area contributed by atoms with E-state index < -0.39 is 24.2 Å². The summed E-state index contributed by atoms with van der Waals surface area (Å²) in [6, 6.07) is 9.91. The second kappa shape index (κ2) is 8.75. The van der Waals surface area contributed by atoms with Gasteiger partial charge in [-0.15, -0.1) is 0 Å². The van der Waals surface area contributed by atoms with E-state index >= 15 is 0 Å². The maximum atomic E-state index is 14.0. The Morgan fingerprint density at radius 1 is 1.08 bits per heavy atom. The van der Waals surface area contributed by atoms with E-state index in [1.165, 1.54) is 31.2 Å². The first-order chi connectivity index (χ1) is 12.4. The highest BCUT2D eigenvalue weighted by Gasteiger charge is 2.16. The van der Waals surface area contributed by atoms with Crippen LogP contribution in [0.15, 0.2) is 42.5 Å². The maximum Gasteiger partial charge on any atom is 0.338 e. The third kappa shape index (κ3) is 5.14. The molecule has 0 radical (unpaired) electrons. The molecule has 0 heterocycles. The number of halogens is 1. The number of Topliss-reactive ketones (excluding diaryl/α,β-unsaturated/α-hetero) is 1. The van der Waals surface area contributed by atoms with E-state index in [9.17, 15) is 18.8 Å². The highest BCUT2D eigenvalue weighted by Crippen LogP contribution is 2.16. The standard InChI is InChI=1S/C19H18FNO5/c1-3-25-15-7-4-13(5-8-15)19(24)26-11-18(23)16-9-6-14(10-17(16)20)21-12(2)22/h4-10H,3,11H2,1-2H3,(H,21,22). The van der Waals surface area contributed by atoms with E-state index in [-0.39, 0.29) is 22.7 Å². The summed E-state index contributed by atoms with van der Waals surface area (Å²) in [5.41, 5.74) is 0.263. The number of amides is 1. The van der Waals surface area contributed by atoms with E-state index in [1.54, 1.807) is 12.1 Å². The number of carbonyl (C=O) groups is 3. The zero-order valence-electron chi connectivity index (χ0n) is 14.4. The molecule has 0 spiro atoms. The van der Waals surface area contributed by atoms with Crippen molar-refractivity contribution in [3.8, 4) is 5.75 Å². The Kier molecular flexibility index (Phi) is 6.43. The van der Waals surface area contributed by atoms with Crippen molar-refractivity contribution in [3.05, 3.63) is 59.4 Å². The molecule has 0 aliphatic carbocycles. The summed E-state index contributed by atoms with van der Waals surface area (Å²) >= 11 is 0. The molecule has 0 aliphatic rings. The fourth-order valence-corrected chi connectivity index (χ4v) is 2.17. The van der Waals surface area contributed by atoms with Crippen LogP contribution in [0.25, 0.3) is 0 Å². The minimum Gasteiger partial charge on any atom is -0.494 e. The van der Waals surface area contributed by atoms with Gasteiger partial charge in [-0.1, -0.05) is 0 Å². The summed E-state index contributed by atoms with van der Waals surface area (Å²) < 4.78 is 24.2. The number of ether oxygens (including phenoxy) is 2.